The summed E-state index contributed by atoms with van der Waals surface area (Å²) in [5.41, 5.74) is 5.03. The summed E-state index contributed by atoms with van der Waals surface area (Å²) >= 11 is 6.25. The molecule has 1 aliphatic rings. The number of aromatic nitrogens is 5. The van der Waals surface area contributed by atoms with Gasteiger partial charge in [-0.25, -0.2) is 4.39 Å². The van der Waals surface area contributed by atoms with Crippen LogP contribution in [0.5, 0.6) is 0 Å². The van der Waals surface area contributed by atoms with Crippen molar-refractivity contribution in [3.8, 4) is 0 Å². The van der Waals surface area contributed by atoms with E-state index < -0.39 is 18.0 Å². The summed E-state index contributed by atoms with van der Waals surface area (Å²) in [4.78, 5) is 13.7. The molecule has 0 spiro atoms. The minimum atomic E-state index is -0.877. The summed E-state index contributed by atoms with van der Waals surface area (Å²) in [5, 5.41) is 34.8. The lowest BCUT2D eigenvalue weighted by atomic mass is 10.00. The summed E-state index contributed by atoms with van der Waals surface area (Å²) in [6, 6.07) is 14.9. The van der Waals surface area contributed by atoms with E-state index in [0.717, 1.165) is 11.1 Å². The number of aliphatic hydroxyl groups is 1. The molecule has 1 aliphatic heterocycles. The van der Waals surface area contributed by atoms with Gasteiger partial charge in [-0.3, -0.25) is 15.3 Å². The number of anilines is 2. The highest BCUT2D eigenvalue weighted by molar-refractivity contribution is 6.31. The lowest BCUT2D eigenvalue weighted by Crippen LogP contribution is -2.47. The second kappa shape index (κ2) is 9.83. The van der Waals surface area contributed by atoms with E-state index in [1.54, 1.807) is 33.4 Å². The number of carbonyl (C=O) groups excluding carboxylic acids is 1. The summed E-state index contributed by atoms with van der Waals surface area (Å²) < 4.78 is 18.0. The first kappa shape index (κ1) is 25.1. The zero-order valence-electron chi connectivity index (χ0n) is 21.0. The van der Waals surface area contributed by atoms with Crippen molar-refractivity contribution < 1.29 is 14.3 Å². The largest absolute Gasteiger partial charge is 0.389 e. The first-order chi connectivity index (χ1) is 18.8. The number of β-amino-alcohol motifs (C(OH)–C–C–N with tert-alkyl or cyclic N) is 1. The molecule has 12 heteroatoms. The molecule has 1 fully saturated rings. The average Bonchev–Trinajstić information content (AvgIpc) is 3.48. The Bertz CT molecular complexity index is 1780. The van der Waals surface area contributed by atoms with Gasteiger partial charge < -0.3 is 24.5 Å². The molecule has 39 heavy (non-hydrogen) atoms. The Hall–Kier alpha value is -4.22. The van der Waals surface area contributed by atoms with E-state index in [9.17, 15) is 14.3 Å². The number of imidazole rings is 1. The number of halogens is 2. The standard InChI is InChI=1S/C27H26ClFN8O2/c1-15(38)31-19-7-5-17(28)11-23(19)35-10-9-22(25(39)14-35)37-24-12-18(29)6-8-21(24)36(27(37)30)13-16-3-2-4-20-26(16)33-34-32-20/h2-8,11-12,22,25,30,39H,9-10,13-14H2,1H3,(H,31,38)(H,32,33,34)/t22-,25-/m0/s1. The molecule has 1 amide bonds. The minimum absolute atomic E-state index is 0.148. The fourth-order valence-corrected chi connectivity index (χ4v) is 5.67. The van der Waals surface area contributed by atoms with Crippen LogP contribution in [0.1, 0.15) is 24.9 Å². The van der Waals surface area contributed by atoms with E-state index in [-0.39, 0.29) is 18.1 Å². The van der Waals surface area contributed by atoms with E-state index in [4.69, 9.17) is 17.0 Å². The summed E-state index contributed by atoms with van der Waals surface area (Å²) in [5.74, 6) is -0.627. The van der Waals surface area contributed by atoms with Crippen LogP contribution in [0.2, 0.25) is 5.02 Å². The third kappa shape index (κ3) is 4.53. The fraction of sp³-hybridized carbons (Fsp3) is 0.259. The normalized spacial score (nSPS) is 17.7. The van der Waals surface area contributed by atoms with Crippen molar-refractivity contribution in [2.24, 2.45) is 0 Å². The fourth-order valence-electron chi connectivity index (χ4n) is 5.50. The molecule has 0 radical (unpaired) electrons. The number of aromatic amines is 1. The second-order valence-electron chi connectivity index (χ2n) is 9.75. The van der Waals surface area contributed by atoms with Crippen LogP contribution >= 0.6 is 11.6 Å². The van der Waals surface area contributed by atoms with Gasteiger partial charge >= 0.3 is 0 Å². The van der Waals surface area contributed by atoms with Gasteiger partial charge in [0, 0.05) is 30.6 Å². The molecular formula is C27H26ClFN8O2. The van der Waals surface area contributed by atoms with E-state index >= 15 is 0 Å². The van der Waals surface area contributed by atoms with Gasteiger partial charge in [0.15, 0.2) is 0 Å². The molecule has 0 unspecified atom stereocenters. The van der Waals surface area contributed by atoms with Gasteiger partial charge in [-0.05, 0) is 48.9 Å². The smallest absolute Gasteiger partial charge is 0.221 e. The van der Waals surface area contributed by atoms with Gasteiger partial charge in [0.1, 0.15) is 11.3 Å². The highest BCUT2D eigenvalue weighted by atomic mass is 35.5. The quantitative estimate of drug-likeness (QED) is 0.265. The number of hydrogen-bond acceptors (Lipinski definition) is 6. The Balaban J connectivity index is 1.37. The molecule has 6 rings (SSSR count). The predicted molar refractivity (Wildman–Crippen MR) is 146 cm³/mol. The number of H-pyrrole nitrogens is 1. The van der Waals surface area contributed by atoms with E-state index in [1.807, 2.05) is 23.1 Å². The van der Waals surface area contributed by atoms with Crippen LogP contribution < -0.4 is 15.8 Å². The van der Waals surface area contributed by atoms with E-state index in [1.165, 1.54) is 19.1 Å². The first-order valence-electron chi connectivity index (χ1n) is 12.5. The molecule has 4 N–H and O–H groups in total. The van der Waals surface area contributed by atoms with Gasteiger partial charge in [-0.1, -0.05) is 28.9 Å². The Morgan fingerprint density at radius 3 is 2.87 bits per heavy atom. The monoisotopic (exact) mass is 548 g/mol. The molecule has 5 aromatic rings. The van der Waals surface area contributed by atoms with E-state index in [2.05, 4.69) is 20.7 Å². The number of carbonyl (C=O) groups is 1. The molecule has 2 aromatic heterocycles. The maximum Gasteiger partial charge on any atom is 0.221 e. The maximum atomic E-state index is 14.5. The number of nitrogens with zero attached hydrogens (tertiary/aromatic N) is 5. The van der Waals surface area contributed by atoms with Gasteiger partial charge in [-0.15, -0.1) is 5.10 Å². The van der Waals surface area contributed by atoms with Crippen molar-refractivity contribution in [3.63, 3.8) is 0 Å². The topological polar surface area (TPSA) is 128 Å². The Labute approximate surface area is 227 Å². The Morgan fingerprint density at radius 2 is 2.08 bits per heavy atom. The van der Waals surface area contributed by atoms with Crippen LogP contribution in [0.25, 0.3) is 22.1 Å². The third-order valence-corrected chi connectivity index (χ3v) is 7.46. The van der Waals surface area contributed by atoms with Crippen LogP contribution in [-0.4, -0.2) is 54.8 Å². The number of aliphatic hydroxyl groups excluding tert-OH is 1. The van der Waals surface area contributed by atoms with Gasteiger partial charge in [0.2, 0.25) is 11.5 Å². The van der Waals surface area contributed by atoms with Gasteiger partial charge in [0.25, 0.3) is 0 Å². The van der Waals surface area contributed by atoms with Gasteiger partial charge in [0.05, 0.1) is 46.6 Å². The number of rotatable bonds is 5. The van der Waals surface area contributed by atoms with Crippen LogP contribution in [0.15, 0.2) is 54.6 Å². The predicted octanol–water partition coefficient (Wildman–Crippen LogP) is 3.81. The number of piperidine rings is 1. The van der Waals surface area contributed by atoms with Crippen LogP contribution in [0.3, 0.4) is 0 Å². The molecule has 2 atom stereocenters. The second-order valence-corrected chi connectivity index (χ2v) is 10.2. The molecule has 0 saturated carbocycles. The van der Waals surface area contributed by atoms with Crippen molar-refractivity contribution in [3.05, 3.63) is 76.6 Å². The summed E-state index contributed by atoms with van der Waals surface area (Å²) in [6.07, 6.45) is -0.392. The SMILES string of the molecule is CC(=O)Nc1ccc(Cl)cc1N1CC[C@H](n2c(=N)n(Cc3cccc4[nH]nnc34)c3ccc(F)cc32)[C@@H](O)C1. The van der Waals surface area contributed by atoms with Crippen molar-refractivity contribution >= 4 is 50.9 Å². The zero-order valence-corrected chi connectivity index (χ0v) is 21.8. The molecule has 3 heterocycles. The first-order valence-corrected chi connectivity index (χ1v) is 12.9. The number of amides is 1. The highest BCUT2D eigenvalue weighted by Crippen LogP contribution is 2.35. The van der Waals surface area contributed by atoms with Crippen molar-refractivity contribution in [2.75, 3.05) is 23.3 Å². The minimum Gasteiger partial charge on any atom is -0.389 e. The molecule has 0 aliphatic carbocycles. The highest BCUT2D eigenvalue weighted by Gasteiger charge is 2.32. The van der Waals surface area contributed by atoms with Crippen molar-refractivity contribution in [1.82, 2.24) is 24.5 Å². The summed E-state index contributed by atoms with van der Waals surface area (Å²) in [6.45, 7) is 2.53. The molecule has 1 saturated heterocycles. The van der Waals surface area contributed by atoms with E-state index in [0.29, 0.717) is 52.5 Å². The maximum absolute atomic E-state index is 14.5. The molecule has 10 nitrogen and oxygen atoms in total. The summed E-state index contributed by atoms with van der Waals surface area (Å²) in [7, 11) is 0. The number of nitrogens with one attached hydrogen (secondary N) is 3. The number of fused-ring (bicyclic) bond motifs is 2. The lowest BCUT2D eigenvalue weighted by Gasteiger charge is -2.38. The lowest BCUT2D eigenvalue weighted by molar-refractivity contribution is -0.114. The van der Waals surface area contributed by atoms with Crippen LogP contribution in [-0.2, 0) is 11.3 Å². The Kier molecular flexibility index (Phi) is 6.32. The Morgan fingerprint density at radius 1 is 1.23 bits per heavy atom. The van der Waals surface area contributed by atoms with Crippen LogP contribution in [0, 0.1) is 11.2 Å². The van der Waals surface area contributed by atoms with Crippen molar-refractivity contribution in [2.45, 2.75) is 32.0 Å². The molecule has 3 aromatic carbocycles. The van der Waals surface area contributed by atoms with Gasteiger partial charge in [-0.2, -0.15) is 0 Å². The number of benzene rings is 3. The third-order valence-electron chi connectivity index (χ3n) is 7.23. The molecular weight excluding hydrogens is 523 g/mol. The molecule has 0 bridgehead atoms. The number of hydrogen-bond donors (Lipinski definition) is 4. The zero-order chi connectivity index (χ0) is 27.3. The van der Waals surface area contributed by atoms with Crippen LogP contribution in [0.4, 0.5) is 15.8 Å². The molecule has 200 valence electrons. The average molecular weight is 549 g/mol. The van der Waals surface area contributed by atoms with Crippen molar-refractivity contribution in [1.29, 1.82) is 5.41 Å².